The lowest BCUT2D eigenvalue weighted by molar-refractivity contribution is -0.113. The number of carbonyl (C=O) groups excluding carboxylic acids is 1. The predicted octanol–water partition coefficient (Wildman–Crippen LogP) is 3.49. The van der Waals surface area contributed by atoms with E-state index in [4.69, 9.17) is 9.47 Å². The Kier molecular flexibility index (Phi) is 6.40. The molecule has 2 aromatic rings. The fourth-order valence-corrected chi connectivity index (χ4v) is 4.59. The van der Waals surface area contributed by atoms with E-state index in [1.54, 1.807) is 14.2 Å². The second-order valence-electron chi connectivity index (χ2n) is 7.14. The largest absolute Gasteiger partial charge is 0.493 e. The van der Waals surface area contributed by atoms with Crippen LogP contribution in [0.3, 0.4) is 0 Å². The molecule has 2 aliphatic heterocycles. The number of hydrogen-bond donors (Lipinski definition) is 0. The molecule has 0 bridgehead atoms. The highest BCUT2D eigenvalue weighted by atomic mass is 32.2. The minimum atomic E-state index is -0.202. The molecule has 0 unspecified atom stereocenters. The van der Waals surface area contributed by atoms with Crippen LogP contribution in [0.25, 0.3) is 6.08 Å². The number of aliphatic imine (C=N–C) groups is 1. The van der Waals surface area contributed by atoms with Gasteiger partial charge in [0.1, 0.15) is 0 Å². The van der Waals surface area contributed by atoms with Crippen LogP contribution in [0.4, 0.5) is 0 Å². The number of amides is 1. The van der Waals surface area contributed by atoms with Crippen molar-refractivity contribution in [3.63, 3.8) is 0 Å². The minimum Gasteiger partial charge on any atom is -0.493 e. The lowest BCUT2D eigenvalue weighted by Gasteiger charge is -2.35. The predicted molar refractivity (Wildman–Crippen MR) is 121 cm³/mol. The van der Waals surface area contributed by atoms with E-state index in [1.165, 1.54) is 17.3 Å². The zero-order chi connectivity index (χ0) is 20.9. The summed E-state index contributed by atoms with van der Waals surface area (Å²) < 4.78 is 10.8. The van der Waals surface area contributed by atoms with Crippen molar-refractivity contribution in [2.45, 2.75) is 6.54 Å². The zero-order valence-corrected chi connectivity index (χ0v) is 18.0. The molecule has 0 radical (unpaired) electrons. The number of amidine groups is 1. The highest BCUT2D eigenvalue weighted by Crippen LogP contribution is 2.36. The van der Waals surface area contributed by atoms with Crippen molar-refractivity contribution >= 4 is 28.9 Å². The normalized spacial score (nSPS) is 18.6. The highest BCUT2D eigenvalue weighted by Gasteiger charge is 2.28. The molecule has 2 aliphatic rings. The maximum atomic E-state index is 12.5. The molecular formula is C23H25N3O3S. The lowest BCUT2D eigenvalue weighted by atomic mass is 10.1. The molecule has 7 heteroatoms. The van der Waals surface area contributed by atoms with E-state index in [1.807, 2.05) is 30.3 Å². The molecule has 4 rings (SSSR count). The Balaban J connectivity index is 1.40. The SMILES string of the molecule is COc1cccc(/C=C2\SC(N3CCN(Cc4ccccc4)CC3)=NC2=O)c1OC. The Morgan fingerprint density at radius 2 is 1.77 bits per heavy atom. The first kappa shape index (κ1) is 20.5. The number of rotatable bonds is 5. The summed E-state index contributed by atoms with van der Waals surface area (Å²) in [5.41, 5.74) is 2.13. The van der Waals surface area contributed by atoms with Crippen molar-refractivity contribution < 1.29 is 14.3 Å². The number of benzene rings is 2. The van der Waals surface area contributed by atoms with Gasteiger partial charge in [-0.2, -0.15) is 4.99 Å². The van der Waals surface area contributed by atoms with Crippen molar-refractivity contribution in [3.8, 4) is 11.5 Å². The number of carbonyl (C=O) groups is 1. The number of methoxy groups -OCH3 is 2. The van der Waals surface area contributed by atoms with Crippen LogP contribution in [0, 0.1) is 0 Å². The monoisotopic (exact) mass is 423 g/mol. The van der Waals surface area contributed by atoms with Crippen LogP contribution in [0.5, 0.6) is 11.5 Å². The summed E-state index contributed by atoms with van der Waals surface area (Å²) in [6, 6.07) is 16.1. The van der Waals surface area contributed by atoms with E-state index >= 15 is 0 Å². The van der Waals surface area contributed by atoms with Gasteiger partial charge in [-0.05, 0) is 29.5 Å². The molecule has 1 saturated heterocycles. The van der Waals surface area contributed by atoms with E-state index in [9.17, 15) is 4.79 Å². The van der Waals surface area contributed by atoms with Crippen LogP contribution in [0.15, 0.2) is 58.4 Å². The van der Waals surface area contributed by atoms with E-state index in [0.29, 0.717) is 16.4 Å². The number of nitrogens with zero attached hydrogens (tertiary/aromatic N) is 3. The molecule has 0 aromatic heterocycles. The van der Waals surface area contributed by atoms with Crippen molar-refractivity contribution in [1.82, 2.24) is 9.80 Å². The van der Waals surface area contributed by atoms with Gasteiger partial charge in [-0.1, -0.05) is 42.5 Å². The molecule has 0 spiro atoms. The molecule has 0 saturated carbocycles. The van der Waals surface area contributed by atoms with Crippen molar-refractivity contribution in [2.24, 2.45) is 4.99 Å². The maximum Gasteiger partial charge on any atom is 0.286 e. The molecule has 0 atom stereocenters. The molecule has 30 heavy (non-hydrogen) atoms. The van der Waals surface area contributed by atoms with Crippen LogP contribution in [-0.4, -0.2) is 61.3 Å². The van der Waals surface area contributed by atoms with Gasteiger partial charge >= 0.3 is 0 Å². The number of piperazine rings is 1. The summed E-state index contributed by atoms with van der Waals surface area (Å²) in [5.74, 6) is 1.05. The summed E-state index contributed by atoms with van der Waals surface area (Å²) in [6.45, 7) is 4.58. The van der Waals surface area contributed by atoms with Gasteiger partial charge in [0.2, 0.25) is 0 Å². The Hall–Kier alpha value is -2.77. The molecule has 2 aromatic carbocycles. The molecule has 0 aliphatic carbocycles. The molecular weight excluding hydrogens is 398 g/mol. The van der Waals surface area contributed by atoms with Crippen LogP contribution in [0.1, 0.15) is 11.1 Å². The van der Waals surface area contributed by atoms with Crippen LogP contribution >= 0.6 is 11.8 Å². The number of thioether (sulfide) groups is 1. The summed E-state index contributed by atoms with van der Waals surface area (Å²) in [4.78, 5) is 22.0. The van der Waals surface area contributed by atoms with E-state index in [-0.39, 0.29) is 5.91 Å². The third-order valence-electron chi connectivity index (χ3n) is 5.22. The Bertz CT molecular complexity index is 967. The molecule has 1 fully saturated rings. The summed E-state index contributed by atoms with van der Waals surface area (Å²) in [5, 5.41) is 0.785. The van der Waals surface area contributed by atoms with Crippen LogP contribution < -0.4 is 9.47 Å². The van der Waals surface area contributed by atoms with Gasteiger partial charge in [0, 0.05) is 38.3 Å². The molecule has 2 heterocycles. The van der Waals surface area contributed by atoms with E-state index in [0.717, 1.165) is 43.5 Å². The van der Waals surface area contributed by atoms with Gasteiger partial charge in [0.05, 0.1) is 19.1 Å². The number of ether oxygens (including phenoxy) is 2. The summed E-state index contributed by atoms with van der Waals surface area (Å²) in [7, 11) is 3.20. The zero-order valence-electron chi connectivity index (χ0n) is 17.2. The number of hydrogen-bond acceptors (Lipinski definition) is 6. The quantitative estimate of drug-likeness (QED) is 0.687. The third-order valence-corrected chi connectivity index (χ3v) is 6.27. The average Bonchev–Trinajstić information content (AvgIpc) is 3.15. The lowest BCUT2D eigenvalue weighted by Crippen LogP contribution is -2.47. The van der Waals surface area contributed by atoms with Crippen molar-refractivity contribution in [2.75, 3.05) is 40.4 Å². The highest BCUT2D eigenvalue weighted by molar-refractivity contribution is 8.18. The van der Waals surface area contributed by atoms with Crippen molar-refractivity contribution in [3.05, 3.63) is 64.6 Å². The fraction of sp³-hybridized carbons (Fsp3) is 0.304. The first-order valence-electron chi connectivity index (χ1n) is 9.92. The van der Waals surface area contributed by atoms with Gasteiger partial charge in [0.15, 0.2) is 16.7 Å². The fourth-order valence-electron chi connectivity index (χ4n) is 3.64. The number of para-hydroxylation sites is 1. The average molecular weight is 424 g/mol. The Morgan fingerprint density at radius 3 is 2.47 bits per heavy atom. The second-order valence-corrected chi connectivity index (χ2v) is 8.15. The van der Waals surface area contributed by atoms with Crippen LogP contribution in [0.2, 0.25) is 0 Å². The molecule has 1 amide bonds. The summed E-state index contributed by atoms with van der Waals surface area (Å²) >= 11 is 1.43. The topological polar surface area (TPSA) is 54.4 Å². The van der Waals surface area contributed by atoms with Gasteiger partial charge in [-0.3, -0.25) is 9.69 Å². The van der Waals surface area contributed by atoms with Crippen molar-refractivity contribution in [1.29, 1.82) is 0 Å². The molecule has 156 valence electrons. The molecule has 6 nitrogen and oxygen atoms in total. The third kappa shape index (κ3) is 4.52. The standard InChI is InChI=1S/C23H25N3O3S/c1-28-19-10-6-9-18(21(19)29-2)15-20-22(27)24-23(30-20)26-13-11-25(12-14-26)16-17-7-4-3-5-8-17/h3-10,15H,11-14,16H2,1-2H3/b20-15-. The smallest absolute Gasteiger partial charge is 0.286 e. The van der Waals surface area contributed by atoms with Gasteiger partial charge in [-0.15, -0.1) is 0 Å². The second kappa shape index (κ2) is 9.36. The van der Waals surface area contributed by atoms with Crippen LogP contribution in [-0.2, 0) is 11.3 Å². The Labute approximate surface area is 181 Å². The van der Waals surface area contributed by atoms with Gasteiger partial charge < -0.3 is 14.4 Å². The maximum absolute atomic E-state index is 12.5. The first-order valence-corrected chi connectivity index (χ1v) is 10.7. The minimum absolute atomic E-state index is 0.202. The summed E-state index contributed by atoms with van der Waals surface area (Å²) in [6.07, 6.45) is 1.83. The Morgan fingerprint density at radius 1 is 1.00 bits per heavy atom. The van der Waals surface area contributed by atoms with E-state index in [2.05, 4.69) is 39.1 Å². The molecule has 0 N–H and O–H groups in total. The van der Waals surface area contributed by atoms with E-state index < -0.39 is 0 Å². The van der Waals surface area contributed by atoms with Gasteiger partial charge in [0.25, 0.3) is 5.91 Å². The van der Waals surface area contributed by atoms with Gasteiger partial charge in [-0.25, -0.2) is 0 Å². The first-order chi connectivity index (χ1) is 14.7.